The van der Waals surface area contributed by atoms with Crippen LogP contribution in [0.5, 0.6) is 0 Å². The summed E-state index contributed by atoms with van der Waals surface area (Å²) in [5.41, 5.74) is 1.23. The van der Waals surface area contributed by atoms with Crippen LogP contribution >= 0.6 is 69.6 Å². The van der Waals surface area contributed by atoms with Crippen LogP contribution in [0.2, 0.25) is 0 Å². The summed E-state index contributed by atoms with van der Waals surface area (Å²) >= 11 is 35.8. The molecular formula is C16H15Cl6N5. The molecule has 11 heteroatoms. The average molecular weight is 490 g/mol. The molecule has 1 aliphatic rings. The molecular weight excluding hydrogens is 475 g/mol. The van der Waals surface area contributed by atoms with Gasteiger partial charge in [-0.05, 0) is 7.05 Å². The maximum absolute atomic E-state index is 6.04. The number of alkyl halides is 6. The summed E-state index contributed by atoms with van der Waals surface area (Å²) in [6.07, 6.45) is 0. The van der Waals surface area contributed by atoms with E-state index < -0.39 is 7.59 Å². The highest BCUT2D eigenvalue weighted by Gasteiger charge is 2.30. The van der Waals surface area contributed by atoms with Crippen LogP contribution in [0.25, 0.3) is 11.4 Å². The van der Waals surface area contributed by atoms with Gasteiger partial charge < -0.3 is 9.80 Å². The molecule has 0 N–H and O–H groups in total. The maximum atomic E-state index is 6.04. The van der Waals surface area contributed by atoms with E-state index in [1.54, 1.807) is 24.3 Å². The number of hydrogen-bond donors (Lipinski definition) is 0. The lowest BCUT2D eigenvalue weighted by Gasteiger charge is -2.32. The first kappa shape index (κ1) is 21.4. The number of likely N-dealkylation sites (N-methyl/N-ethyl adjacent to an activating group) is 1. The monoisotopic (exact) mass is 487 g/mol. The minimum Gasteiger partial charge on any atom is -0.338 e. The summed E-state index contributed by atoms with van der Waals surface area (Å²) < 4.78 is -3.28. The molecule has 0 aliphatic carbocycles. The van der Waals surface area contributed by atoms with Gasteiger partial charge >= 0.3 is 0 Å². The maximum Gasteiger partial charge on any atom is 0.250 e. The minimum absolute atomic E-state index is 0.0666. The van der Waals surface area contributed by atoms with E-state index in [1.165, 1.54) is 0 Å². The van der Waals surface area contributed by atoms with E-state index in [9.17, 15) is 0 Å². The van der Waals surface area contributed by atoms with Crippen LogP contribution in [0.3, 0.4) is 0 Å². The first-order valence-electron chi connectivity index (χ1n) is 7.98. The normalized spacial score (nSPS) is 16.6. The van der Waals surface area contributed by atoms with Crippen molar-refractivity contribution in [1.82, 2.24) is 19.9 Å². The third-order valence-electron chi connectivity index (χ3n) is 4.13. The van der Waals surface area contributed by atoms with Crippen molar-refractivity contribution in [3.05, 3.63) is 35.7 Å². The van der Waals surface area contributed by atoms with Crippen molar-refractivity contribution in [1.29, 1.82) is 0 Å². The molecule has 0 spiro atoms. The molecule has 27 heavy (non-hydrogen) atoms. The van der Waals surface area contributed by atoms with Gasteiger partial charge in [-0.3, -0.25) is 0 Å². The average Bonchev–Trinajstić information content (AvgIpc) is 2.60. The smallest absolute Gasteiger partial charge is 0.250 e. The number of halogens is 6. The SMILES string of the molecule is CN1CCN(c2nc(-c3ccc(C(Cl)(Cl)Cl)cc3)nc(C(Cl)(Cl)Cl)n2)CC1. The van der Waals surface area contributed by atoms with Crippen molar-refractivity contribution in [3.63, 3.8) is 0 Å². The van der Waals surface area contributed by atoms with Crippen molar-refractivity contribution < 1.29 is 0 Å². The first-order valence-corrected chi connectivity index (χ1v) is 10.3. The molecule has 0 unspecified atom stereocenters. The van der Waals surface area contributed by atoms with Crippen LogP contribution in [-0.2, 0) is 7.59 Å². The van der Waals surface area contributed by atoms with Gasteiger partial charge in [-0.1, -0.05) is 93.9 Å². The van der Waals surface area contributed by atoms with Crippen molar-refractivity contribution in [2.24, 2.45) is 0 Å². The fourth-order valence-corrected chi connectivity index (χ4v) is 3.21. The molecule has 5 nitrogen and oxygen atoms in total. The van der Waals surface area contributed by atoms with Crippen molar-refractivity contribution in [2.75, 3.05) is 38.1 Å². The molecule has 0 radical (unpaired) electrons. The van der Waals surface area contributed by atoms with Crippen LogP contribution in [0.15, 0.2) is 24.3 Å². The molecule has 3 rings (SSSR count). The van der Waals surface area contributed by atoms with Gasteiger partial charge in [0.05, 0.1) is 0 Å². The predicted octanol–water partition coefficient (Wildman–Crippen LogP) is 4.94. The molecule has 1 aromatic carbocycles. The molecule has 1 aliphatic heterocycles. The van der Waals surface area contributed by atoms with E-state index in [4.69, 9.17) is 69.6 Å². The summed E-state index contributed by atoms with van der Waals surface area (Å²) in [7, 11) is 2.06. The van der Waals surface area contributed by atoms with Gasteiger partial charge in [-0.25, -0.2) is 4.98 Å². The lowest BCUT2D eigenvalue weighted by Crippen LogP contribution is -2.45. The summed E-state index contributed by atoms with van der Waals surface area (Å²) in [5.74, 6) is 0.924. The molecule has 1 saturated heterocycles. The van der Waals surface area contributed by atoms with Crippen molar-refractivity contribution in [2.45, 2.75) is 7.59 Å². The Morgan fingerprint density at radius 2 is 1.37 bits per heavy atom. The highest BCUT2D eigenvalue weighted by Crippen LogP contribution is 2.39. The van der Waals surface area contributed by atoms with Gasteiger partial charge in [-0.15, -0.1) is 0 Å². The molecule has 0 saturated carbocycles. The molecule has 0 bridgehead atoms. The lowest BCUT2D eigenvalue weighted by atomic mass is 10.1. The van der Waals surface area contributed by atoms with Gasteiger partial charge in [0.15, 0.2) is 11.6 Å². The summed E-state index contributed by atoms with van der Waals surface area (Å²) in [4.78, 5) is 17.5. The number of piperazine rings is 1. The van der Waals surface area contributed by atoms with Gasteiger partial charge in [0, 0.05) is 37.3 Å². The second-order valence-corrected chi connectivity index (χ2v) is 10.7. The number of nitrogens with zero attached hydrogens (tertiary/aromatic N) is 5. The number of benzene rings is 1. The zero-order chi connectivity index (χ0) is 19.8. The second-order valence-electron chi connectivity index (χ2n) is 6.15. The van der Waals surface area contributed by atoms with Crippen LogP contribution < -0.4 is 4.90 Å². The van der Waals surface area contributed by atoms with Crippen LogP contribution in [0, 0.1) is 0 Å². The number of rotatable bonds is 2. The van der Waals surface area contributed by atoms with Gasteiger partial charge in [0.25, 0.3) is 0 Å². The summed E-state index contributed by atoms with van der Waals surface area (Å²) in [5, 5.41) is 0. The minimum atomic E-state index is -1.77. The largest absolute Gasteiger partial charge is 0.338 e. The molecule has 2 heterocycles. The first-order chi connectivity index (χ1) is 12.5. The summed E-state index contributed by atoms with van der Waals surface area (Å²) in [6, 6.07) is 6.89. The third-order valence-corrected chi connectivity index (χ3v) is 5.30. The van der Waals surface area contributed by atoms with E-state index in [1.807, 2.05) is 4.90 Å². The van der Waals surface area contributed by atoms with Crippen LogP contribution in [-0.4, -0.2) is 53.1 Å². The van der Waals surface area contributed by atoms with E-state index in [0.717, 1.165) is 26.2 Å². The van der Waals surface area contributed by atoms with Gasteiger partial charge in [0.1, 0.15) is 0 Å². The fraction of sp³-hybridized carbons (Fsp3) is 0.438. The molecule has 0 amide bonds. The Balaban J connectivity index is 2.00. The second kappa shape index (κ2) is 8.23. The Bertz CT molecular complexity index is 794. The Morgan fingerprint density at radius 3 is 1.89 bits per heavy atom. The van der Waals surface area contributed by atoms with Crippen molar-refractivity contribution in [3.8, 4) is 11.4 Å². The zero-order valence-corrected chi connectivity index (χ0v) is 18.7. The number of aromatic nitrogens is 3. The third kappa shape index (κ3) is 5.41. The van der Waals surface area contributed by atoms with Gasteiger partial charge in [-0.2, -0.15) is 9.97 Å². The molecule has 146 valence electrons. The van der Waals surface area contributed by atoms with E-state index in [2.05, 4.69) is 26.9 Å². The molecule has 1 aromatic heterocycles. The van der Waals surface area contributed by atoms with E-state index in [0.29, 0.717) is 22.9 Å². The van der Waals surface area contributed by atoms with Crippen LogP contribution in [0.1, 0.15) is 11.4 Å². The van der Waals surface area contributed by atoms with Gasteiger partial charge in [0.2, 0.25) is 13.5 Å². The fourth-order valence-electron chi connectivity index (χ4n) is 2.58. The molecule has 1 fully saturated rings. The highest BCUT2D eigenvalue weighted by atomic mass is 35.6. The van der Waals surface area contributed by atoms with E-state index >= 15 is 0 Å². The number of anilines is 1. The number of hydrogen-bond acceptors (Lipinski definition) is 5. The standard InChI is InChI=1S/C16H15Cl6N5/c1-26-6-8-27(9-7-26)14-24-12(23-13(25-14)16(20,21)22)10-2-4-11(5-3-10)15(17,18)19/h2-5H,6-9H2,1H3. The lowest BCUT2D eigenvalue weighted by molar-refractivity contribution is 0.311. The molecule has 0 atom stereocenters. The van der Waals surface area contributed by atoms with Crippen molar-refractivity contribution >= 4 is 75.6 Å². The highest BCUT2D eigenvalue weighted by molar-refractivity contribution is 6.67. The Labute approximate surface area is 187 Å². The quantitative estimate of drug-likeness (QED) is 0.559. The Kier molecular flexibility index (Phi) is 6.53. The van der Waals surface area contributed by atoms with E-state index in [-0.39, 0.29) is 5.82 Å². The topological polar surface area (TPSA) is 45.2 Å². The van der Waals surface area contributed by atoms with Crippen LogP contribution in [0.4, 0.5) is 5.95 Å². The predicted molar refractivity (Wildman–Crippen MR) is 113 cm³/mol. The Hall–Kier alpha value is -0.270. The Morgan fingerprint density at radius 1 is 0.778 bits per heavy atom. The summed E-state index contributed by atoms with van der Waals surface area (Å²) in [6.45, 7) is 3.32. The zero-order valence-electron chi connectivity index (χ0n) is 14.1. The molecule has 2 aromatic rings.